The highest BCUT2D eigenvalue weighted by atomic mass is 79.9. The van der Waals surface area contributed by atoms with Crippen LogP contribution in [0.25, 0.3) is 11.1 Å². The molecule has 0 fully saturated rings. The minimum Gasteiger partial charge on any atom is -0.494 e. The van der Waals surface area contributed by atoms with Gasteiger partial charge in [0.15, 0.2) is 0 Å². The van der Waals surface area contributed by atoms with Gasteiger partial charge in [0.05, 0.1) is 6.61 Å². The molecule has 0 saturated carbocycles. The van der Waals surface area contributed by atoms with Gasteiger partial charge in [-0.25, -0.2) is 0 Å². The van der Waals surface area contributed by atoms with E-state index in [2.05, 4.69) is 41.9 Å². The highest BCUT2D eigenvalue weighted by Crippen LogP contribution is 2.26. The molecule has 0 aliphatic carbocycles. The number of esters is 1. The van der Waals surface area contributed by atoms with Crippen molar-refractivity contribution in [3.05, 3.63) is 48.5 Å². The van der Waals surface area contributed by atoms with Crippen LogP contribution in [0.3, 0.4) is 0 Å². The van der Waals surface area contributed by atoms with Crippen molar-refractivity contribution in [3.8, 4) is 22.6 Å². The second-order valence-electron chi connectivity index (χ2n) is 8.23. The third-order valence-electron chi connectivity index (χ3n) is 5.65. The Balaban J connectivity index is 1.77. The predicted octanol–water partition coefficient (Wildman–Crippen LogP) is 8.20. The van der Waals surface area contributed by atoms with Crippen LogP contribution in [0.2, 0.25) is 0 Å². The van der Waals surface area contributed by atoms with Crippen LogP contribution in [-0.2, 0) is 4.79 Å². The van der Waals surface area contributed by atoms with Gasteiger partial charge < -0.3 is 9.47 Å². The number of benzene rings is 2. The first-order valence-corrected chi connectivity index (χ1v) is 12.7. The van der Waals surface area contributed by atoms with Crippen LogP contribution in [0.1, 0.15) is 72.1 Å². The van der Waals surface area contributed by atoms with E-state index in [9.17, 15) is 4.79 Å². The molecule has 2 atom stereocenters. The lowest BCUT2D eigenvalue weighted by Crippen LogP contribution is -2.26. The Bertz CT molecular complexity index is 755. The van der Waals surface area contributed by atoms with Crippen LogP contribution >= 0.6 is 15.9 Å². The Morgan fingerprint density at radius 1 is 0.806 bits per heavy atom. The summed E-state index contributed by atoms with van der Waals surface area (Å²) in [5.74, 6) is 1.47. The van der Waals surface area contributed by atoms with Gasteiger partial charge in [0.25, 0.3) is 0 Å². The lowest BCUT2D eigenvalue weighted by molar-refractivity contribution is -0.134. The molecule has 0 N–H and O–H groups in total. The van der Waals surface area contributed by atoms with E-state index in [1.807, 2.05) is 43.3 Å². The molecule has 2 rings (SSSR count). The van der Waals surface area contributed by atoms with Crippen LogP contribution in [0.5, 0.6) is 11.5 Å². The van der Waals surface area contributed by atoms with Gasteiger partial charge >= 0.3 is 5.97 Å². The molecule has 2 aromatic carbocycles. The van der Waals surface area contributed by atoms with Gasteiger partial charge in [-0.1, -0.05) is 106 Å². The Morgan fingerprint density at radius 3 is 1.87 bits per heavy atom. The monoisotopic (exact) mass is 488 g/mol. The standard InChI is InChI=1S/C27H37BrO3/c1-4-6-7-8-9-10-11-20-30-24-16-12-22(13-17-24)23-14-18-25(19-15-23)31-27(29)26(28)21(3)5-2/h12-19,21,26H,4-11,20H2,1-3H3. The number of unbranched alkanes of at least 4 members (excludes halogenated alkanes) is 6. The quantitative estimate of drug-likeness (QED) is 0.116. The Kier molecular flexibility index (Phi) is 11.7. The molecule has 0 spiro atoms. The molecule has 0 radical (unpaired) electrons. The fourth-order valence-corrected chi connectivity index (χ4v) is 3.79. The number of carbonyl (C=O) groups excluding carboxylic acids is 1. The van der Waals surface area contributed by atoms with E-state index in [0.717, 1.165) is 36.3 Å². The topological polar surface area (TPSA) is 35.5 Å². The first-order valence-electron chi connectivity index (χ1n) is 11.7. The summed E-state index contributed by atoms with van der Waals surface area (Å²) < 4.78 is 11.4. The first kappa shape index (κ1) is 25.5. The molecular formula is C27H37BrO3. The van der Waals surface area contributed by atoms with Crippen molar-refractivity contribution in [3.63, 3.8) is 0 Å². The third-order valence-corrected chi connectivity index (χ3v) is 6.92. The molecule has 0 aromatic heterocycles. The number of hydrogen-bond donors (Lipinski definition) is 0. The lowest BCUT2D eigenvalue weighted by Gasteiger charge is -2.15. The maximum atomic E-state index is 12.2. The molecule has 31 heavy (non-hydrogen) atoms. The summed E-state index contributed by atoms with van der Waals surface area (Å²) in [5.41, 5.74) is 2.19. The number of carbonyl (C=O) groups is 1. The molecule has 0 amide bonds. The second-order valence-corrected chi connectivity index (χ2v) is 9.21. The van der Waals surface area contributed by atoms with Crippen molar-refractivity contribution < 1.29 is 14.3 Å². The van der Waals surface area contributed by atoms with Gasteiger partial charge in [0, 0.05) is 0 Å². The Morgan fingerprint density at radius 2 is 1.32 bits per heavy atom. The molecule has 2 unspecified atom stereocenters. The summed E-state index contributed by atoms with van der Waals surface area (Å²) in [5, 5.41) is 0. The molecule has 4 heteroatoms. The summed E-state index contributed by atoms with van der Waals surface area (Å²) >= 11 is 3.44. The molecule has 170 valence electrons. The van der Waals surface area contributed by atoms with Gasteiger partial charge in [0.2, 0.25) is 0 Å². The highest BCUT2D eigenvalue weighted by molar-refractivity contribution is 9.10. The molecule has 0 heterocycles. The molecule has 0 aliphatic heterocycles. The lowest BCUT2D eigenvalue weighted by atomic mass is 10.1. The highest BCUT2D eigenvalue weighted by Gasteiger charge is 2.22. The number of hydrogen-bond acceptors (Lipinski definition) is 3. The van der Waals surface area contributed by atoms with Crippen molar-refractivity contribution in [1.29, 1.82) is 0 Å². The summed E-state index contributed by atoms with van der Waals surface area (Å²) in [6.07, 6.45) is 9.93. The zero-order valence-electron chi connectivity index (χ0n) is 19.2. The summed E-state index contributed by atoms with van der Waals surface area (Å²) in [6.45, 7) is 7.12. The first-order chi connectivity index (χ1) is 15.0. The van der Waals surface area contributed by atoms with Crippen molar-refractivity contribution in [2.75, 3.05) is 6.61 Å². The number of ether oxygens (including phenoxy) is 2. The molecule has 0 aliphatic rings. The van der Waals surface area contributed by atoms with E-state index < -0.39 is 0 Å². The van der Waals surface area contributed by atoms with Gasteiger partial charge in [-0.15, -0.1) is 0 Å². The SMILES string of the molecule is CCCCCCCCCOc1ccc(-c2ccc(OC(=O)C(Br)C(C)CC)cc2)cc1. The molecule has 2 aromatic rings. The zero-order chi connectivity index (χ0) is 22.5. The summed E-state index contributed by atoms with van der Waals surface area (Å²) in [4.78, 5) is 11.9. The minimum absolute atomic E-state index is 0.235. The molecule has 0 bridgehead atoms. The molecule has 0 saturated heterocycles. The number of rotatable bonds is 14. The van der Waals surface area contributed by atoms with Gasteiger partial charge in [-0.05, 0) is 47.7 Å². The summed E-state index contributed by atoms with van der Waals surface area (Å²) in [7, 11) is 0. The van der Waals surface area contributed by atoms with Crippen LogP contribution in [-0.4, -0.2) is 17.4 Å². The predicted molar refractivity (Wildman–Crippen MR) is 133 cm³/mol. The minimum atomic E-state index is -0.286. The number of halogens is 1. The smallest absolute Gasteiger partial charge is 0.325 e. The average molecular weight is 489 g/mol. The van der Waals surface area contributed by atoms with Crippen molar-refractivity contribution in [2.24, 2.45) is 5.92 Å². The van der Waals surface area contributed by atoms with Crippen LogP contribution in [0, 0.1) is 5.92 Å². The number of alkyl halides is 1. The fraction of sp³-hybridized carbons (Fsp3) is 0.519. The molecular weight excluding hydrogens is 452 g/mol. The van der Waals surface area contributed by atoms with E-state index in [-0.39, 0.29) is 16.7 Å². The Labute approximate surface area is 196 Å². The molecule has 3 nitrogen and oxygen atoms in total. The van der Waals surface area contributed by atoms with Crippen LogP contribution in [0.15, 0.2) is 48.5 Å². The van der Waals surface area contributed by atoms with E-state index in [1.165, 1.54) is 38.5 Å². The van der Waals surface area contributed by atoms with Crippen LogP contribution in [0.4, 0.5) is 0 Å². The zero-order valence-corrected chi connectivity index (χ0v) is 20.8. The van der Waals surface area contributed by atoms with Crippen LogP contribution < -0.4 is 9.47 Å². The maximum absolute atomic E-state index is 12.2. The van der Waals surface area contributed by atoms with E-state index >= 15 is 0 Å². The maximum Gasteiger partial charge on any atom is 0.325 e. The summed E-state index contributed by atoms with van der Waals surface area (Å²) in [6, 6.07) is 15.8. The van der Waals surface area contributed by atoms with E-state index in [1.54, 1.807) is 0 Å². The van der Waals surface area contributed by atoms with E-state index in [0.29, 0.717) is 5.75 Å². The van der Waals surface area contributed by atoms with Gasteiger partial charge in [-0.2, -0.15) is 0 Å². The second kappa shape index (κ2) is 14.3. The van der Waals surface area contributed by atoms with Crippen molar-refractivity contribution >= 4 is 21.9 Å². The van der Waals surface area contributed by atoms with Gasteiger partial charge in [-0.3, -0.25) is 4.79 Å². The average Bonchev–Trinajstić information content (AvgIpc) is 2.80. The van der Waals surface area contributed by atoms with Gasteiger partial charge in [0.1, 0.15) is 16.3 Å². The normalized spacial score (nSPS) is 12.9. The third kappa shape index (κ3) is 9.06. The van der Waals surface area contributed by atoms with Crippen molar-refractivity contribution in [2.45, 2.75) is 77.0 Å². The largest absolute Gasteiger partial charge is 0.494 e. The Hall–Kier alpha value is -1.81. The fourth-order valence-electron chi connectivity index (χ4n) is 3.32. The van der Waals surface area contributed by atoms with E-state index in [4.69, 9.17) is 9.47 Å². The van der Waals surface area contributed by atoms with Crippen molar-refractivity contribution in [1.82, 2.24) is 0 Å².